The maximum atomic E-state index is 13.2. The number of likely N-dealkylation sites (tertiary alicyclic amines) is 1. The van der Waals surface area contributed by atoms with Gasteiger partial charge >= 0.3 is 12.1 Å². The van der Waals surface area contributed by atoms with Gasteiger partial charge in [-0.1, -0.05) is 79.8 Å². The van der Waals surface area contributed by atoms with Crippen molar-refractivity contribution in [2.24, 2.45) is 11.8 Å². The van der Waals surface area contributed by atoms with Gasteiger partial charge in [-0.15, -0.1) is 0 Å². The molecule has 1 amide bonds. The van der Waals surface area contributed by atoms with Crippen LogP contribution in [0.1, 0.15) is 45.7 Å². The Morgan fingerprint density at radius 2 is 1.58 bits per heavy atom. The van der Waals surface area contributed by atoms with Gasteiger partial charge in [0.05, 0.1) is 12.0 Å². The Balaban J connectivity index is 1.73. The topological polar surface area (TPSA) is 82.1 Å². The van der Waals surface area contributed by atoms with Gasteiger partial charge in [-0.05, 0) is 38.8 Å². The number of thiocarbonyl (C=S) groups is 1. The van der Waals surface area contributed by atoms with Crippen LogP contribution < -0.4 is 0 Å². The highest BCUT2D eigenvalue weighted by atomic mass is 32.1. The Bertz CT molecular complexity index is 1080. The Morgan fingerprint density at radius 1 is 1.00 bits per heavy atom. The zero-order chi connectivity index (χ0) is 26.5. The molecule has 0 aliphatic carbocycles. The predicted molar refractivity (Wildman–Crippen MR) is 139 cm³/mol. The number of carbonyl (C=O) groups excluding carboxylic acids is 3. The molecule has 8 heteroatoms. The smallest absolute Gasteiger partial charge is 0.459 e. The van der Waals surface area contributed by atoms with Gasteiger partial charge in [-0.2, -0.15) is 0 Å². The van der Waals surface area contributed by atoms with Crippen LogP contribution in [0.25, 0.3) is 0 Å². The first kappa shape index (κ1) is 27.3. The van der Waals surface area contributed by atoms with Gasteiger partial charge < -0.3 is 19.1 Å². The standard InChI is InChI=1S/C28H33NO6S/c1-18(25(36)21-14-10-7-11-15-21)24-23(26(31)29(24)16-22(30)35-28(3,4)5)19(2)34-27(32)33-17-20-12-8-6-9-13-20/h6-15,18-19,23-24H,16-17H2,1-5H3/t18-,19-,23-,24-/m1/s1. The minimum Gasteiger partial charge on any atom is -0.459 e. The van der Waals surface area contributed by atoms with E-state index in [-0.39, 0.29) is 25.0 Å². The number of nitrogens with zero attached hydrogens (tertiary/aromatic N) is 1. The number of hydrogen-bond acceptors (Lipinski definition) is 7. The molecule has 3 rings (SSSR count). The number of esters is 1. The Hall–Kier alpha value is -3.26. The summed E-state index contributed by atoms with van der Waals surface area (Å²) in [6.07, 6.45) is -1.64. The zero-order valence-electron chi connectivity index (χ0n) is 21.3. The average Bonchev–Trinajstić information content (AvgIpc) is 2.83. The molecule has 192 valence electrons. The van der Waals surface area contributed by atoms with Crippen LogP contribution in [0.15, 0.2) is 60.7 Å². The maximum Gasteiger partial charge on any atom is 0.508 e. The van der Waals surface area contributed by atoms with E-state index in [1.807, 2.05) is 67.6 Å². The third-order valence-corrected chi connectivity index (χ3v) is 6.59. The third-order valence-electron chi connectivity index (χ3n) is 5.99. The first-order chi connectivity index (χ1) is 17.0. The lowest BCUT2D eigenvalue weighted by molar-refractivity contribution is -0.177. The van der Waals surface area contributed by atoms with Crippen molar-refractivity contribution in [3.63, 3.8) is 0 Å². The SMILES string of the molecule is C[C@@H](OC(=O)OCc1ccccc1)[C@H]1C(=O)N(CC(=O)OC(C)(C)C)[C@@H]1[C@@H](C)C(=S)c1ccccc1. The van der Waals surface area contributed by atoms with Crippen molar-refractivity contribution in [1.82, 2.24) is 4.90 Å². The average molecular weight is 512 g/mol. The van der Waals surface area contributed by atoms with Crippen LogP contribution >= 0.6 is 12.2 Å². The van der Waals surface area contributed by atoms with E-state index in [9.17, 15) is 14.4 Å². The van der Waals surface area contributed by atoms with Crippen molar-refractivity contribution in [2.45, 2.75) is 59.0 Å². The van der Waals surface area contributed by atoms with Crippen LogP contribution in [0.5, 0.6) is 0 Å². The molecule has 1 aliphatic heterocycles. The minimum atomic E-state index is -0.859. The van der Waals surface area contributed by atoms with Crippen molar-refractivity contribution in [3.8, 4) is 0 Å². The van der Waals surface area contributed by atoms with E-state index in [0.29, 0.717) is 4.86 Å². The zero-order valence-corrected chi connectivity index (χ0v) is 22.1. The molecule has 0 saturated carbocycles. The van der Waals surface area contributed by atoms with Crippen molar-refractivity contribution in [1.29, 1.82) is 0 Å². The van der Waals surface area contributed by atoms with Crippen LogP contribution in [0.4, 0.5) is 4.79 Å². The quantitative estimate of drug-likeness (QED) is 0.204. The molecule has 1 saturated heterocycles. The first-order valence-corrected chi connectivity index (χ1v) is 12.4. The highest BCUT2D eigenvalue weighted by molar-refractivity contribution is 7.80. The van der Waals surface area contributed by atoms with E-state index >= 15 is 0 Å². The number of β-lactam (4-membered cyclic amide) rings is 1. The highest BCUT2D eigenvalue weighted by Crippen LogP contribution is 2.37. The number of rotatable bonds is 9. The van der Waals surface area contributed by atoms with Gasteiger partial charge in [-0.25, -0.2) is 4.79 Å². The second kappa shape index (κ2) is 11.6. The maximum absolute atomic E-state index is 13.2. The minimum absolute atomic E-state index is 0.0632. The lowest BCUT2D eigenvalue weighted by Gasteiger charge is -2.51. The van der Waals surface area contributed by atoms with Gasteiger partial charge in [0.2, 0.25) is 5.91 Å². The summed E-state index contributed by atoms with van der Waals surface area (Å²) in [6.45, 7) is 8.75. The van der Waals surface area contributed by atoms with Crippen LogP contribution in [0.2, 0.25) is 0 Å². The molecule has 4 atom stereocenters. The number of amides is 1. The van der Waals surface area contributed by atoms with E-state index in [1.165, 1.54) is 4.90 Å². The molecule has 0 bridgehead atoms. The van der Waals surface area contributed by atoms with Crippen molar-refractivity contribution >= 4 is 35.1 Å². The fourth-order valence-electron chi connectivity index (χ4n) is 4.35. The molecule has 1 fully saturated rings. The molecule has 36 heavy (non-hydrogen) atoms. The fraction of sp³-hybridized carbons (Fsp3) is 0.429. The van der Waals surface area contributed by atoms with Crippen LogP contribution in [-0.4, -0.2) is 52.1 Å². The highest BCUT2D eigenvalue weighted by Gasteiger charge is 2.55. The van der Waals surface area contributed by atoms with Crippen LogP contribution in [-0.2, 0) is 30.4 Å². The molecule has 0 aromatic heterocycles. The Kier molecular flexibility index (Phi) is 8.84. The van der Waals surface area contributed by atoms with Crippen molar-refractivity contribution < 1.29 is 28.6 Å². The summed E-state index contributed by atoms with van der Waals surface area (Å²) in [4.78, 5) is 40.2. The fourth-order valence-corrected chi connectivity index (χ4v) is 4.62. The Morgan fingerprint density at radius 3 is 2.17 bits per heavy atom. The van der Waals surface area contributed by atoms with E-state index in [0.717, 1.165) is 11.1 Å². The van der Waals surface area contributed by atoms with Gasteiger partial charge in [0.1, 0.15) is 24.9 Å². The molecule has 1 heterocycles. The number of carbonyl (C=O) groups is 3. The molecular formula is C28H33NO6S. The van der Waals surface area contributed by atoms with Crippen LogP contribution in [0, 0.1) is 11.8 Å². The van der Waals surface area contributed by atoms with Gasteiger partial charge in [-0.3, -0.25) is 9.59 Å². The molecule has 0 radical (unpaired) electrons. The Labute approximate surface area is 217 Å². The summed E-state index contributed by atoms with van der Waals surface area (Å²) in [6, 6.07) is 18.3. The summed E-state index contributed by atoms with van der Waals surface area (Å²) in [5.41, 5.74) is 1.01. The van der Waals surface area contributed by atoms with Gasteiger partial charge in [0.25, 0.3) is 0 Å². The largest absolute Gasteiger partial charge is 0.508 e. The number of benzene rings is 2. The molecule has 0 unspecified atom stereocenters. The predicted octanol–water partition coefficient (Wildman–Crippen LogP) is 4.95. The summed E-state index contributed by atoms with van der Waals surface area (Å²) in [5.74, 6) is -1.75. The second-order valence-electron chi connectivity index (χ2n) is 9.94. The summed E-state index contributed by atoms with van der Waals surface area (Å²) < 4.78 is 16.1. The van der Waals surface area contributed by atoms with E-state index in [2.05, 4.69) is 0 Å². The van der Waals surface area contributed by atoms with Crippen LogP contribution in [0.3, 0.4) is 0 Å². The molecule has 0 N–H and O–H groups in total. The molecule has 1 aliphatic rings. The monoisotopic (exact) mass is 511 g/mol. The van der Waals surface area contributed by atoms with Gasteiger partial charge in [0, 0.05) is 10.8 Å². The lowest BCUT2D eigenvalue weighted by atomic mass is 9.74. The molecule has 7 nitrogen and oxygen atoms in total. The first-order valence-electron chi connectivity index (χ1n) is 12.0. The number of hydrogen-bond donors (Lipinski definition) is 0. The molecule has 0 spiro atoms. The summed E-state index contributed by atoms with van der Waals surface area (Å²) in [5, 5.41) is 0. The van der Waals surface area contributed by atoms with E-state index < -0.39 is 35.8 Å². The third kappa shape index (κ3) is 6.91. The van der Waals surface area contributed by atoms with Crippen molar-refractivity contribution in [3.05, 3.63) is 71.8 Å². The lowest BCUT2D eigenvalue weighted by Crippen LogP contribution is -2.68. The van der Waals surface area contributed by atoms with E-state index in [4.69, 9.17) is 26.4 Å². The summed E-state index contributed by atoms with van der Waals surface area (Å²) >= 11 is 5.75. The second-order valence-corrected chi connectivity index (χ2v) is 10.4. The molecule has 2 aromatic rings. The normalized spacial score (nSPS) is 19.0. The van der Waals surface area contributed by atoms with Crippen molar-refractivity contribution in [2.75, 3.05) is 6.54 Å². The number of ether oxygens (including phenoxy) is 3. The molecular weight excluding hydrogens is 478 g/mol. The van der Waals surface area contributed by atoms with Gasteiger partial charge in [0.15, 0.2) is 0 Å². The molecule has 2 aromatic carbocycles. The summed E-state index contributed by atoms with van der Waals surface area (Å²) in [7, 11) is 0. The van der Waals surface area contributed by atoms with E-state index in [1.54, 1.807) is 27.7 Å².